The second-order valence-electron chi connectivity index (χ2n) is 7.38. The van der Waals surface area contributed by atoms with Gasteiger partial charge in [-0.1, -0.05) is 98.8 Å². The van der Waals surface area contributed by atoms with Gasteiger partial charge in [0.05, 0.1) is 0 Å². The lowest BCUT2D eigenvalue weighted by Crippen LogP contribution is -2.30. The third kappa shape index (κ3) is 5.96. The first-order valence-corrected chi connectivity index (χ1v) is 12.5. The van der Waals surface area contributed by atoms with Crippen molar-refractivity contribution in [3.63, 3.8) is 0 Å². The Kier molecular flexibility index (Phi) is 8.52. The molecule has 154 valence electrons. The molecule has 1 atom stereocenters. The van der Waals surface area contributed by atoms with Crippen LogP contribution >= 0.6 is 7.29 Å². The van der Waals surface area contributed by atoms with Crippen LogP contribution in [-0.4, -0.2) is 0 Å². The highest BCUT2D eigenvalue weighted by molar-refractivity contribution is 7.76. The fourth-order valence-corrected chi connectivity index (χ4v) is 5.76. The van der Waals surface area contributed by atoms with Crippen LogP contribution in [-0.2, 0) is 4.57 Å². The van der Waals surface area contributed by atoms with Gasteiger partial charge in [-0.15, -0.1) is 5.92 Å². The summed E-state index contributed by atoms with van der Waals surface area (Å²) in [6.45, 7) is 2.21. The van der Waals surface area contributed by atoms with Crippen LogP contribution in [0.1, 0.15) is 50.6 Å². The highest BCUT2D eigenvalue weighted by Gasteiger charge is 2.30. The lowest BCUT2D eigenvalue weighted by Gasteiger charge is -2.24. The second kappa shape index (κ2) is 11.6. The molecule has 0 heterocycles. The molecule has 0 aliphatic heterocycles. The van der Waals surface area contributed by atoms with Crippen molar-refractivity contribution < 1.29 is 4.57 Å². The van der Waals surface area contributed by atoms with Crippen LogP contribution in [0.4, 0.5) is 0 Å². The van der Waals surface area contributed by atoms with Crippen molar-refractivity contribution in [2.45, 2.75) is 45.1 Å². The maximum absolute atomic E-state index is 14.4. The van der Waals surface area contributed by atoms with E-state index in [1.807, 2.05) is 91.0 Å². The van der Waals surface area contributed by atoms with Crippen molar-refractivity contribution in [2.75, 3.05) is 0 Å². The predicted molar refractivity (Wildman–Crippen MR) is 129 cm³/mol. The SMILES string of the molecule is CCCCCCC#CC(NP(=O)(c1ccccc1)c1ccccc1)c1ccccc1. The molecule has 3 heteroatoms. The molecular weight excluding hydrogens is 385 g/mol. The molecule has 1 N–H and O–H groups in total. The van der Waals surface area contributed by atoms with E-state index < -0.39 is 7.29 Å². The highest BCUT2D eigenvalue weighted by atomic mass is 31.2. The Labute approximate surface area is 181 Å². The first-order valence-electron chi connectivity index (χ1n) is 10.8. The third-order valence-corrected chi connectivity index (χ3v) is 7.76. The zero-order valence-electron chi connectivity index (χ0n) is 17.6. The maximum atomic E-state index is 14.4. The molecule has 0 bridgehead atoms. The van der Waals surface area contributed by atoms with Gasteiger partial charge < -0.3 is 0 Å². The highest BCUT2D eigenvalue weighted by Crippen LogP contribution is 2.41. The zero-order chi connectivity index (χ0) is 21.1. The maximum Gasteiger partial charge on any atom is 0.205 e. The summed E-state index contributed by atoms with van der Waals surface area (Å²) in [6.07, 6.45) is 5.66. The largest absolute Gasteiger partial charge is 0.296 e. The van der Waals surface area contributed by atoms with Crippen LogP contribution in [0.25, 0.3) is 0 Å². The monoisotopic (exact) mass is 415 g/mol. The molecule has 0 spiro atoms. The van der Waals surface area contributed by atoms with Crippen LogP contribution in [0, 0.1) is 11.8 Å². The molecule has 30 heavy (non-hydrogen) atoms. The zero-order valence-corrected chi connectivity index (χ0v) is 18.5. The summed E-state index contributed by atoms with van der Waals surface area (Å²) in [6, 6.07) is 29.1. The van der Waals surface area contributed by atoms with Crippen molar-refractivity contribution in [1.82, 2.24) is 5.09 Å². The number of benzene rings is 3. The van der Waals surface area contributed by atoms with E-state index in [1.54, 1.807) is 0 Å². The quantitative estimate of drug-likeness (QED) is 0.255. The Balaban J connectivity index is 1.93. The van der Waals surface area contributed by atoms with Crippen molar-refractivity contribution in [3.8, 4) is 11.8 Å². The predicted octanol–water partition coefficient (Wildman–Crippen LogP) is 6.22. The molecule has 2 nitrogen and oxygen atoms in total. The van der Waals surface area contributed by atoms with Crippen LogP contribution in [0.15, 0.2) is 91.0 Å². The van der Waals surface area contributed by atoms with Crippen LogP contribution in [0.5, 0.6) is 0 Å². The van der Waals surface area contributed by atoms with Gasteiger partial charge >= 0.3 is 0 Å². The summed E-state index contributed by atoms with van der Waals surface area (Å²) in [4.78, 5) is 0. The molecule has 0 aromatic heterocycles. The Hall–Kier alpha value is -2.59. The van der Waals surface area contributed by atoms with Gasteiger partial charge in [-0.25, -0.2) is 5.09 Å². The molecule has 0 radical (unpaired) electrons. The summed E-state index contributed by atoms with van der Waals surface area (Å²) in [5.41, 5.74) is 1.03. The average Bonchev–Trinajstić information content (AvgIpc) is 2.82. The lowest BCUT2D eigenvalue weighted by atomic mass is 10.1. The van der Waals surface area contributed by atoms with E-state index in [0.717, 1.165) is 29.0 Å². The summed E-state index contributed by atoms with van der Waals surface area (Å²) in [5, 5.41) is 5.05. The minimum Gasteiger partial charge on any atom is -0.296 e. The molecule has 1 unspecified atom stereocenters. The molecule has 0 amide bonds. The Morgan fingerprint density at radius 1 is 0.767 bits per heavy atom. The van der Waals surface area contributed by atoms with Gasteiger partial charge in [-0.05, 0) is 36.2 Å². The molecule has 0 fully saturated rings. The van der Waals surface area contributed by atoms with Crippen molar-refractivity contribution in [1.29, 1.82) is 0 Å². The Morgan fingerprint density at radius 3 is 1.83 bits per heavy atom. The van der Waals surface area contributed by atoms with Gasteiger partial charge in [0.25, 0.3) is 0 Å². The smallest absolute Gasteiger partial charge is 0.205 e. The number of rotatable bonds is 9. The molecule has 3 aromatic carbocycles. The summed E-state index contributed by atoms with van der Waals surface area (Å²) < 4.78 is 14.4. The molecule has 3 rings (SSSR count). The molecule has 0 aliphatic carbocycles. The number of unbranched alkanes of at least 4 members (excludes halogenated alkanes) is 4. The van der Waals surface area contributed by atoms with E-state index in [-0.39, 0.29) is 6.04 Å². The van der Waals surface area contributed by atoms with Gasteiger partial charge in [0.2, 0.25) is 7.29 Å². The fraction of sp³-hybridized carbons (Fsp3) is 0.259. The molecule has 0 saturated heterocycles. The molecule has 0 aliphatic rings. The van der Waals surface area contributed by atoms with Crippen molar-refractivity contribution in [2.24, 2.45) is 0 Å². The van der Waals surface area contributed by atoms with E-state index in [0.29, 0.717) is 0 Å². The van der Waals surface area contributed by atoms with E-state index >= 15 is 0 Å². The lowest BCUT2D eigenvalue weighted by molar-refractivity contribution is 0.574. The molecular formula is C27H30NOP. The molecule has 0 saturated carbocycles. The average molecular weight is 416 g/mol. The Bertz CT molecular complexity index is 947. The first kappa shape index (κ1) is 22.1. The minimum atomic E-state index is -3.06. The third-order valence-electron chi connectivity index (χ3n) is 5.09. The van der Waals surface area contributed by atoms with E-state index in [2.05, 4.69) is 23.9 Å². The summed E-state index contributed by atoms with van der Waals surface area (Å²) in [7, 11) is -3.06. The normalized spacial score (nSPS) is 12.0. The molecule has 3 aromatic rings. The van der Waals surface area contributed by atoms with E-state index in [9.17, 15) is 4.57 Å². The van der Waals surface area contributed by atoms with Gasteiger partial charge in [0, 0.05) is 17.0 Å². The topological polar surface area (TPSA) is 29.1 Å². The van der Waals surface area contributed by atoms with Crippen LogP contribution in [0.3, 0.4) is 0 Å². The second-order valence-corrected chi connectivity index (χ2v) is 9.89. The number of nitrogens with one attached hydrogen (secondary N) is 1. The van der Waals surface area contributed by atoms with Gasteiger partial charge in [0.15, 0.2) is 0 Å². The van der Waals surface area contributed by atoms with Gasteiger partial charge in [-0.2, -0.15) is 0 Å². The summed E-state index contributed by atoms with van der Waals surface area (Å²) >= 11 is 0. The summed E-state index contributed by atoms with van der Waals surface area (Å²) in [5.74, 6) is 6.71. The Morgan fingerprint density at radius 2 is 1.30 bits per heavy atom. The minimum absolute atomic E-state index is 0.302. The van der Waals surface area contributed by atoms with Crippen LogP contribution in [0.2, 0.25) is 0 Å². The van der Waals surface area contributed by atoms with Crippen LogP contribution < -0.4 is 15.7 Å². The van der Waals surface area contributed by atoms with Gasteiger partial charge in [-0.3, -0.25) is 4.57 Å². The van der Waals surface area contributed by atoms with Crippen molar-refractivity contribution >= 4 is 17.9 Å². The van der Waals surface area contributed by atoms with Gasteiger partial charge in [0.1, 0.15) is 6.04 Å². The number of hydrogen-bond donors (Lipinski definition) is 1. The van der Waals surface area contributed by atoms with Crippen molar-refractivity contribution in [3.05, 3.63) is 96.6 Å². The standard InChI is InChI=1S/C27H30NOP/c1-2-3-4-5-6-16-23-27(24-17-10-7-11-18-24)28-30(29,25-19-12-8-13-20-25)26-21-14-9-15-22-26/h7-15,17-22,27H,2-6H2,1H3,(H,28,29). The van der Waals surface area contributed by atoms with E-state index in [4.69, 9.17) is 0 Å². The van der Waals surface area contributed by atoms with E-state index in [1.165, 1.54) is 19.3 Å². The first-order chi connectivity index (χ1) is 14.7. The fourth-order valence-electron chi connectivity index (χ4n) is 3.41. The number of hydrogen-bond acceptors (Lipinski definition) is 1.